The lowest BCUT2D eigenvalue weighted by Crippen LogP contribution is -1.99. The number of anilines is 1. The number of hydrazone groups is 1. The summed E-state index contributed by atoms with van der Waals surface area (Å²) in [5.41, 5.74) is 7.18. The van der Waals surface area contributed by atoms with Gasteiger partial charge < -0.3 is 0 Å². The van der Waals surface area contributed by atoms with Crippen LogP contribution in [0.25, 0.3) is 0 Å². The third-order valence-corrected chi connectivity index (χ3v) is 2.88. The van der Waals surface area contributed by atoms with Gasteiger partial charge in [0, 0.05) is 5.02 Å². The molecule has 3 heteroatoms. The van der Waals surface area contributed by atoms with Crippen molar-refractivity contribution in [1.29, 1.82) is 0 Å². The molecule has 0 saturated heterocycles. The van der Waals surface area contributed by atoms with Gasteiger partial charge in [0.25, 0.3) is 0 Å². The van der Waals surface area contributed by atoms with Crippen LogP contribution in [0, 0.1) is 6.92 Å². The second-order valence-corrected chi connectivity index (χ2v) is 4.62. The minimum absolute atomic E-state index is 0.697. The molecule has 0 atom stereocenters. The van der Waals surface area contributed by atoms with Crippen LogP contribution in [-0.4, -0.2) is 5.71 Å². The molecule has 2 aromatic rings. The summed E-state index contributed by atoms with van der Waals surface area (Å²) < 4.78 is 0. The van der Waals surface area contributed by atoms with Gasteiger partial charge in [-0.2, -0.15) is 5.10 Å². The van der Waals surface area contributed by atoms with Gasteiger partial charge >= 0.3 is 0 Å². The summed E-state index contributed by atoms with van der Waals surface area (Å²) in [6.45, 7) is 4.04. The maximum absolute atomic E-state index is 5.91. The van der Waals surface area contributed by atoms with Crippen LogP contribution in [0.5, 0.6) is 0 Å². The first-order valence-corrected chi connectivity index (χ1v) is 6.16. The van der Waals surface area contributed by atoms with E-state index in [0.29, 0.717) is 5.02 Å². The van der Waals surface area contributed by atoms with Crippen molar-refractivity contribution < 1.29 is 0 Å². The number of aryl methyl sites for hydroxylation is 1. The number of hydrogen-bond donors (Lipinski definition) is 1. The number of halogens is 1. The van der Waals surface area contributed by atoms with E-state index in [-0.39, 0.29) is 0 Å². The Morgan fingerprint density at radius 3 is 2.50 bits per heavy atom. The average molecular weight is 259 g/mol. The van der Waals surface area contributed by atoms with Crippen molar-refractivity contribution in [1.82, 2.24) is 0 Å². The number of rotatable bonds is 3. The molecule has 2 nitrogen and oxygen atoms in total. The number of nitrogens with zero attached hydrogens (tertiary/aromatic N) is 1. The number of hydrogen-bond acceptors (Lipinski definition) is 2. The predicted octanol–water partition coefficient (Wildman–Crippen LogP) is 4.48. The molecule has 0 spiro atoms. The standard InChI is InChI=1S/C15H15ClN2/c1-11-6-8-13(9-7-11)12(2)17-18-15-5-3-4-14(16)10-15/h3-10,18H,1-2H3/b17-12+. The second kappa shape index (κ2) is 5.69. The smallest absolute Gasteiger partial charge is 0.0648 e. The predicted molar refractivity (Wildman–Crippen MR) is 78.5 cm³/mol. The van der Waals surface area contributed by atoms with E-state index in [1.807, 2.05) is 31.2 Å². The quantitative estimate of drug-likeness (QED) is 0.637. The highest BCUT2D eigenvalue weighted by atomic mass is 35.5. The minimum Gasteiger partial charge on any atom is -0.278 e. The SMILES string of the molecule is C/C(=N\Nc1cccc(Cl)c1)c1ccc(C)cc1. The van der Waals surface area contributed by atoms with Gasteiger partial charge in [-0.1, -0.05) is 47.5 Å². The molecule has 0 unspecified atom stereocenters. The molecular weight excluding hydrogens is 244 g/mol. The molecule has 0 radical (unpaired) electrons. The van der Waals surface area contributed by atoms with Crippen LogP contribution in [-0.2, 0) is 0 Å². The van der Waals surface area contributed by atoms with Gasteiger partial charge in [-0.05, 0) is 37.6 Å². The number of nitrogens with one attached hydrogen (secondary N) is 1. The zero-order chi connectivity index (χ0) is 13.0. The maximum Gasteiger partial charge on any atom is 0.0648 e. The van der Waals surface area contributed by atoms with Crippen LogP contribution in [0.2, 0.25) is 5.02 Å². The van der Waals surface area contributed by atoms with E-state index in [1.54, 1.807) is 0 Å². The topological polar surface area (TPSA) is 24.4 Å². The molecule has 92 valence electrons. The third kappa shape index (κ3) is 3.34. The molecule has 0 heterocycles. The van der Waals surface area contributed by atoms with E-state index in [9.17, 15) is 0 Å². The van der Waals surface area contributed by atoms with Crippen molar-refractivity contribution >= 4 is 23.0 Å². The highest BCUT2D eigenvalue weighted by Crippen LogP contribution is 2.15. The fourth-order valence-electron chi connectivity index (χ4n) is 1.57. The Hall–Kier alpha value is -1.80. The van der Waals surface area contributed by atoms with Gasteiger partial charge in [0.2, 0.25) is 0 Å². The maximum atomic E-state index is 5.91. The Balaban J connectivity index is 2.11. The lowest BCUT2D eigenvalue weighted by molar-refractivity contribution is 1.32. The molecule has 0 saturated carbocycles. The van der Waals surface area contributed by atoms with Crippen LogP contribution >= 0.6 is 11.6 Å². The second-order valence-electron chi connectivity index (χ2n) is 4.19. The van der Waals surface area contributed by atoms with E-state index in [1.165, 1.54) is 5.56 Å². The van der Waals surface area contributed by atoms with Crippen LogP contribution in [0.4, 0.5) is 5.69 Å². The Labute approximate surface area is 112 Å². The Kier molecular flexibility index (Phi) is 4.00. The molecular formula is C15H15ClN2. The fourth-order valence-corrected chi connectivity index (χ4v) is 1.76. The average Bonchev–Trinajstić information content (AvgIpc) is 2.37. The molecule has 2 aromatic carbocycles. The molecule has 18 heavy (non-hydrogen) atoms. The molecule has 0 aliphatic carbocycles. The first-order chi connectivity index (χ1) is 8.65. The summed E-state index contributed by atoms with van der Waals surface area (Å²) in [7, 11) is 0. The molecule has 0 aliphatic rings. The summed E-state index contributed by atoms with van der Waals surface area (Å²) in [4.78, 5) is 0. The Morgan fingerprint density at radius 1 is 1.11 bits per heavy atom. The monoisotopic (exact) mass is 258 g/mol. The lowest BCUT2D eigenvalue weighted by atomic mass is 10.1. The fraction of sp³-hybridized carbons (Fsp3) is 0.133. The van der Waals surface area contributed by atoms with E-state index < -0.39 is 0 Å². The molecule has 0 fully saturated rings. The lowest BCUT2D eigenvalue weighted by Gasteiger charge is -2.04. The molecule has 1 N–H and O–H groups in total. The van der Waals surface area contributed by atoms with Crippen molar-refractivity contribution in [2.24, 2.45) is 5.10 Å². The summed E-state index contributed by atoms with van der Waals surface area (Å²) >= 11 is 5.91. The normalized spacial score (nSPS) is 11.4. The van der Waals surface area contributed by atoms with E-state index in [4.69, 9.17) is 11.6 Å². The van der Waals surface area contributed by atoms with Crippen molar-refractivity contribution in [2.75, 3.05) is 5.43 Å². The van der Waals surface area contributed by atoms with E-state index in [2.05, 4.69) is 41.7 Å². The number of benzene rings is 2. The highest BCUT2D eigenvalue weighted by molar-refractivity contribution is 6.30. The van der Waals surface area contributed by atoms with Crippen molar-refractivity contribution in [2.45, 2.75) is 13.8 Å². The van der Waals surface area contributed by atoms with E-state index in [0.717, 1.165) is 17.0 Å². The summed E-state index contributed by atoms with van der Waals surface area (Å²) in [5.74, 6) is 0. The minimum atomic E-state index is 0.697. The van der Waals surface area contributed by atoms with Crippen LogP contribution in [0.15, 0.2) is 53.6 Å². The molecule has 0 aliphatic heterocycles. The summed E-state index contributed by atoms with van der Waals surface area (Å²) in [6, 6.07) is 15.8. The zero-order valence-corrected chi connectivity index (χ0v) is 11.2. The zero-order valence-electron chi connectivity index (χ0n) is 10.4. The first-order valence-electron chi connectivity index (χ1n) is 5.78. The summed E-state index contributed by atoms with van der Waals surface area (Å²) in [6.07, 6.45) is 0. The van der Waals surface area contributed by atoms with Gasteiger partial charge in [0.1, 0.15) is 0 Å². The highest BCUT2D eigenvalue weighted by Gasteiger charge is 1.97. The molecule has 0 aromatic heterocycles. The Morgan fingerprint density at radius 2 is 1.83 bits per heavy atom. The van der Waals surface area contributed by atoms with Crippen molar-refractivity contribution in [3.63, 3.8) is 0 Å². The molecule has 0 bridgehead atoms. The van der Waals surface area contributed by atoms with Crippen LogP contribution < -0.4 is 5.43 Å². The first kappa shape index (κ1) is 12.7. The third-order valence-electron chi connectivity index (χ3n) is 2.65. The van der Waals surface area contributed by atoms with E-state index >= 15 is 0 Å². The van der Waals surface area contributed by atoms with Gasteiger partial charge in [0.05, 0.1) is 11.4 Å². The molecule has 2 rings (SSSR count). The summed E-state index contributed by atoms with van der Waals surface area (Å²) in [5, 5.41) is 5.04. The largest absolute Gasteiger partial charge is 0.278 e. The van der Waals surface area contributed by atoms with Crippen molar-refractivity contribution in [3.8, 4) is 0 Å². The van der Waals surface area contributed by atoms with Crippen LogP contribution in [0.3, 0.4) is 0 Å². The molecule has 0 amide bonds. The Bertz CT molecular complexity index is 559. The van der Waals surface area contributed by atoms with Gasteiger partial charge in [0.15, 0.2) is 0 Å². The van der Waals surface area contributed by atoms with Gasteiger partial charge in [-0.15, -0.1) is 0 Å². The van der Waals surface area contributed by atoms with Crippen molar-refractivity contribution in [3.05, 3.63) is 64.7 Å². The van der Waals surface area contributed by atoms with Gasteiger partial charge in [-0.25, -0.2) is 0 Å². The van der Waals surface area contributed by atoms with Gasteiger partial charge in [-0.3, -0.25) is 5.43 Å². The van der Waals surface area contributed by atoms with Crippen LogP contribution in [0.1, 0.15) is 18.1 Å².